The predicted octanol–water partition coefficient (Wildman–Crippen LogP) is 2.78. The third-order valence-corrected chi connectivity index (χ3v) is 5.63. The first-order chi connectivity index (χ1) is 13.3. The van der Waals surface area contributed by atoms with Crippen molar-refractivity contribution in [1.82, 2.24) is 20.4 Å². The van der Waals surface area contributed by atoms with Gasteiger partial charge in [0.15, 0.2) is 0 Å². The van der Waals surface area contributed by atoms with E-state index >= 15 is 0 Å². The van der Waals surface area contributed by atoms with Crippen LogP contribution in [-0.2, 0) is 13.0 Å². The van der Waals surface area contributed by atoms with Gasteiger partial charge in [-0.15, -0.1) is 0 Å². The number of nitrogens with zero attached hydrogens (tertiary/aromatic N) is 5. The molecule has 0 unspecified atom stereocenters. The average molecular weight is 371 g/mol. The quantitative estimate of drug-likeness (QED) is 0.838. The van der Waals surface area contributed by atoms with Crippen LogP contribution in [0.5, 0.6) is 0 Å². The molecular weight excluding hydrogens is 340 g/mol. The minimum atomic E-state index is 0.514. The molecule has 2 aliphatic rings. The number of anilines is 2. The summed E-state index contributed by atoms with van der Waals surface area (Å²) in [5, 5.41) is 7.34. The van der Waals surface area contributed by atoms with E-state index in [1.165, 1.54) is 19.3 Å². The predicted molar refractivity (Wildman–Crippen MR) is 106 cm³/mol. The second-order valence-corrected chi connectivity index (χ2v) is 7.54. The number of nitrogens with one attached hydrogen (secondary N) is 1. The molecule has 1 N–H and O–H groups in total. The number of piperidine rings is 2. The van der Waals surface area contributed by atoms with E-state index < -0.39 is 0 Å². The van der Waals surface area contributed by atoms with E-state index in [4.69, 9.17) is 14.5 Å². The maximum atomic E-state index is 5.17. The van der Waals surface area contributed by atoms with Crippen molar-refractivity contribution in [3.8, 4) is 0 Å². The zero-order valence-corrected chi connectivity index (χ0v) is 16.2. The Labute approximate surface area is 161 Å². The van der Waals surface area contributed by atoms with Gasteiger partial charge in [0, 0.05) is 50.0 Å². The lowest BCUT2D eigenvalue weighted by atomic mass is 10.0. The molecule has 2 saturated heterocycles. The number of aryl methyl sites for hydroxylation is 1. The van der Waals surface area contributed by atoms with Crippen LogP contribution in [0, 0.1) is 0 Å². The Bertz CT molecular complexity index is 705. The van der Waals surface area contributed by atoms with Crippen molar-refractivity contribution < 1.29 is 4.52 Å². The highest BCUT2D eigenvalue weighted by Gasteiger charge is 2.22. The van der Waals surface area contributed by atoms with Crippen LogP contribution in [0.1, 0.15) is 50.5 Å². The summed E-state index contributed by atoms with van der Waals surface area (Å²) in [5.74, 6) is 2.91. The van der Waals surface area contributed by atoms with Crippen molar-refractivity contribution in [2.75, 3.05) is 36.0 Å². The molecule has 0 radical (unpaired) electrons. The molecule has 7 nitrogen and oxygen atoms in total. The van der Waals surface area contributed by atoms with E-state index in [9.17, 15) is 0 Å². The van der Waals surface area contributed by atoms with Crippen LogP contribution in [0.25, 0.3) is 0 Å². The third kappa shape index (κ3) is 4.58. The zero-order valence-electron chi connectivity index (χ0n) is 16.2. The summed E-state index contributed by atoms with van der Waals surface area (Å²) in [6.07, 6.45) is 8.68. The molecule has 0 saturated carbocycles. The minimum Gasteiger partial charge on any atom is -0.360 e. The van der Waals surface area contributed by atoms with Crippen LogP contribution in [0.4, 0.5) is 11.8 Å². The summed E-state index contributed by atoms with van der Waals surface area (Å²) in [7, 11) is 0. The smallest absolute Gasteiger partial charge is 0.227 e. The van der Waals surface area contributed by atoms with Gasteiger partial charge in [-0.1, -0.05) is 12.1 Å². The Morgan fingerprint density at radius 2 is 1.89 bits per heavy atom. The Hall–Kier alpha value is -2.15. The summed E-state index contributed by atoms with van der Waals surface area (Å²) >= 11 is 0. The van der Waals surface area contributed by atoms with Gasteiger partial charge in [0.25, 0.3) is 0 Å². The number of hydrogen-bond acceptors (Lipinski definition) is 7. The van der Waals surface area contributed by atoms with Gasteiger partial charge in [-0.05, 0) is 38.5 Å². The van der Waals surface area contributed by atoms with Crippen LogP contribution in [0.15, 0.2) is 22.9 Å². The molecule has 2 aliphatic heterocycles. The highest BCUT2D eigenvalue weighted by molar-refractivity contribution is 5.46. The van der Waals surface area contributed by atoms with Gasteiger partial charge >= 0.3 is 0 Å². The first-order valence-corrected chi connectivity index (χ1v) is 10.3. The van der Waals surface area contributed by atoms with Gasteiger partial charge in [-0.25, -0.2) is 4.98 Å². The van der Waals surface area contributed by atoms with E-state index in [1.807, 2.05) is 6.07 Å². The Kier molecular flexibility index (Phi) is 5.87. The maximum absolute atomic E-state index is 5.17. The molecule has 4 rings (SSSR count). The fraction of sp³-hybridized carbons (Fsp3) is 0.650. The van der Waals surface area contributed by atoms with Crippen LogP contribution < -0.4 is 15.1 Å². The van der Waals surface area contributed by atoms with E-state index in [-0.39, 0.29) is 0 Å². The van der Waals surface area contributed by atoms with Crippen LogP contribution in [-0.4, -0.2) is 47.3 Å². The normalized spacial score (nSPS) is 18.9. The fourth-order valence-corrected chi connectivity index (χ4v) is 3.94. The van der Waals surface area contributed by atoms with Crippen LogP contribution in [0.3, 0.4) is 0 Å². The van der Waals surface area contributed by atoms with Crippen molar-refractivity contribution in [1.29, 1.82) is 0 Å². The summed E-state index contributed by atoms with van der Waals surface area (Å²) in [6, 6.07) is 4.60. The van der Waals surface area contributed by atoms with Crippen molar-refractivity contribution in [2.24, 2.45) is 0 Å². The molecule has 7 heteroatoms. The number of aromatic nitrogens is 3. The molecule has 0 spiro atoms. The van der Waals surface area contributed by atoms with Crippen molar-refractivity contribution in [2.45, 2.75) is 58.0 Å². The monoisotopic (exact) mass is 370 g/mol. The van der Waals surface area contributed by atoms with E-state index in [0.29, 0.717) is 6.04 Å². The largest absolute Gasteiger partial charge is 0.360 e. The Balaban J connectivity index is 1.38. The van der Waals surface area contributed by atoms with E-state index in [0.717, 1.165) is 75.2 Å². The average Bonchev–Trinajstić information content (AvgIpc) is 3.26. The SMILES string of the molecule is CCc1cc(N2CCC(NCc3ccno3)CC2)nc(N2CCCCC2)n1. The summed E-state index contributed by atoms with van der Waals surface area (Å²) < 4.78 is 5.17. The molecule has 146 valence electrons. The molecule has 0 aromatic carbocycles. The highest BCUT2D eigenvalue weighted by Crippen LogP contribution is 2.24. The van der Waals surface area contributed by atoms with Gasteiger partial charge < -0.3 is 19.6 Å². The minimum absolute atomic E-state index is 0.514. The standard InChI is InChI=1S/C20H30N6O/c1-2-16-14-19(24-20(23-16)26-10-4-3-5-11-26)25-12-7-17(8-13-25)21-15-18-6-9-22-27-18/h6,9,14,17,21H,2-5,7-8,10-13,15H2,1H3. The summed E-state index contributed by atoms with van der Waals surface area (Å²) in [4.78, 5) is 14.5. The van der Waals surface area contributed by atoms with Crippen molar-refractivity contribution >= 4 is 11.8 Å². The molecule has 27 heavy (non-hydrogen) atoms. The van der Waals surface area contributed by atoms with Gasteiger partial charge in [-0.3, -0.25) is 0 Å². The maximum Gasteiger partial charge on any atom is 0.227 e. The topological polar surface area (TPSA) is 70.3 Å². The van der Waals surface area contributed by atoms with E-state index in [2.05, 4.69) is 33.3 Å². The molecule has 0 amide bonds. The summed E-state index contributed by atoms with van der Waals surface area (Å²) in [5.41, 5.74) is 1.14. The van der Waals surface area contributed by atoms with Crippen molar-refractivity contribution in [3.05, 3.63) is 29.8 Å². The van der Waals surface area contributed by atoms with Gasteiger partial charge in [0.1, 0.15) is 11.6 Å². The van der Waals surface area contributed by atoms with Gasteiger partial charge in [0.2, 0.25) is 5.95 Å². The van der Waals surface area contributed by atoms with E-state index in [1.54, 1.807) is 6.20 Å². The molecular formula is C20H30N6O. The lowest BCUT2D eigenvalue weighted by Crippen LogP contribution is -2.42. The van der Waals surface area contributed by atoms with Gasteiger partial charge in [-0.2, -0.15) is 4.98 Å². The third-order valence-electron chi connectivity index (χ3n) is 5.63. The first-order valence-electron chi connectivity index (χ1n) is 10.3. The molecule has 4 heterocycles. The zero-order chi connectivity index (χ0) is 18.5. The van der Waals surface area contributed by atoms with Crippen molar-refractivity contribution in [3.63, 3.8) is 0 Å². The number of hydrogen-bond donors (Lipinski definition) is 1. The summed E-state index contributed by atoms with van der Waals surface area (Å²) in [6.45, 7) is 7.13. The second kappa shape index (κ2) is 8.69. The van der Waals surface area contributed by atoms with Crippen LogP contribution in [0.2, 0.25) is 0 Å². The molecule has 0 bridgehead atoms. The Morgan fingerprint density at radius 3 is 2.59 bits per heavy atom. The van der Waals surface area contributed by atoms with Crippen LogP contribution >= 0.6 is 0 Å². The highest BCUT2D eigenvalue weighted by atomic mass is 16.5. The fourth-order valence-electron chi connectivity index (χ4n) is 3.94. The number of rotatable bonds is 6. The molecule has 2 aromatic rings. The molecule has 2 fully saturated rings. The molecule has 2 aromatic heterocycles. The molecule has 0 aliphatic carbocycles. The van der Waals surface area contributed by atoms with Gasteiger partial charge in [0.05, 0.1) is 12.7 Å². The lowest BCUT2D eigenvalue weighted by molar-refractivity contribution is 0.346. The second-order valence-electron chi connectivity index (χ2n) is 7.54. The molecule has 0 atom stereocenters. The first kappa shape index (κ1) is 18.2. The Morgan fingerprint density at radius 1 is 1.07 bits per heavy atom. The lowest BCUT2D eigenvalue weighted by Gasteiger charge is -2.34.